The van der Waals surface area contributed by atoms with Crippen molar-refractivity contribution < 1.29 is 0 Å². The lowest BCUT2D eigenvalue weighted by molar-refractivity contribution is 0.260. The van der Waals surface area contributed by atoms with Gasteiger partial charge < -0.3 is 16.0 Å². The van der Waals surface area contributed by atoms with Crippen LogP contribution in [0.25, 0.3) is 0 Å². The Labute approximate surface area is 122 Å². The summed E-state index contributed by atoms with van der Waals surface area (Å²) in [5.74, 6) is 2.27. The minimum absolute atomic E-state index is 0.0956. The number of likely N-dealkylation sites (N-methyl/N-ethyl adjacent to an activating group) is 1. The normalized spacial score (nSPS) is 20.9. The number of nitrogen functional groups attached to an aromatic ring is 1. The fourth-order valence-corrected chi connectivity index (χ4v) is 2.49. The molecule has 0 aromatic carbocycles. The number of rotatable bonds is 2. The molecule has 2 heterocycles. The third-order valence-corrected chi connectivity index (χ3v) is 3.82. The molecule has 1 aliphatic heterocycles. The molecule has 1 aromatic heterocycles. The Morgan fingerprint density at radius 2 is 2.00 bits per heavy atom. The van der Waals surface area contributed by atoms with Gasteiger partial charge in [0, 0.05) is 23.6 Å². The highest BCUT2D eigenvalue weighted by Gasteiger charge is 2.23. The average Bonchev–Trinajstić information content (AvgIpc) is 2.33. The van der Waals surface area contributed by atoms with Crippen molar-refractivity contribution in [3.05, 3.63) is 11.4 Å². The third-order valence-electron chi connectivity index (χ3n) is 3.82. The zero-order valence-electron chi connectivity index (χ0n) is 13.3. The molecule has 0 saturated carbocycles. The lowest BCUT2D eigenvalue weighted by Crippen LogP contribution is -2.40. The second-order valence-corrected chi connectivity index (χ2v) is 6.90. The van der Waals surface area contributed by atoms with Crippen molar-refractivity contribution >= 4 is 11.6 Å². The number of anilines is 2. The highest BCUT2D eigenvalue weighted by molar-refractivity contribution is 5.55. The molecule has 0 spiro atoms. The molecule has 2 rings (SSSR count). The number of hydrogen-bond acceptors (Lipinski definition) is 5. The molecule has 0 aliphatic carbocycles. The highest BCUT2D eigenvalue weighted by atomic mass is 15.2. The van der Waals surface area contributed by atoms with Crippen molar-refractivity contribution in [1.29, 1.82) is 0 Å². The van der Waals surface area contributed by atoms with Gasteiger partial charge in [0.2, 0.25) is 0 Å². The lowest BCUT2D eigenvalue weighted by atomic mass is 9.95. The number of nitrogens with two attached hydrogens (primary N) is 1. The minimum Gasteiger partial charge on any atom is -0.383 e. The van der Waals surface area contributed by atoms with E-state index in [1.54, 1.807) is 0 Å². The summed E-state index contributed by atoms with van der Waals surface area (Å²) in [6.45, 7) is 10.5. The summed E-state index contributed by atoms with van der Waals surface area (Å²) in [5, 5.41) is 3.56. The molecule has 0 radical (unpaired) electrons. The van der Waals surface area contributed by atoms with E-state index in [9.17, 15) is 0 Å². The fourth-order valence-electron chi connectivity index (χ4n) is 2.49. The van der Waals surface area contributed by atoms with E-state index in [-0.39, 0.29) is 5.41 Å². The van der Waals surface area contributed by atoms with Gasteiger partial charge in [0.15, 0.2) is 0 Å². The van der Waals surface area contributed by atoms with Gasteiger partial charge in [-0.05, 0) is 33.4 Å². The van der Waals surface area contributed by atoms with E-state index in [1.165, 1.54) is 19.4 Å². The van der Waals surface area contributed by atoms with Gasteiger partial charge in [-0.15, -0.1) is 0 Å². The molecular weight excluding hydrogens is 250 g/mol. The Morgan fingerprint density at radius 1 is 1.30 bits per heavy atom. The summed E-state index contributed by atoms with van der Waals surface area (Å²) in [6, 6.07) is 0.439. The monoisotopic (exact) mass is 277 g/mol. The van der Waals surface area contributed by atoms with E-state index in [0.717, 1.165) is 23.8 Å². The van der Waals surface area contributed by atoms with Crippen LogP contribution in [0.2, 0.25) is 0 Å². The van der Waals surface area contributed by atoms with Crippen LogP contribution in [0.5, 0.6) is 0 Å². The molecule has 0 bridgehead atoms. The number of aromatic nitrogens is 2. The molecule has 1 aromatic rings. The van der Waals surface area contributed by atoms with Crippen LogP contribution >= 0.6 is 0 Å². The van der Waals surface area contributed by atoms with Gasteiger partial charge >= 0.3 is 0 Å². The predicted octanol–water partition coefficient (Wildman–Crippen LogP) is 2.17. The number of likely N-dealkylation sites (tertiary alicyclic amines) is 1. The molecule has 5 heteroatoms. The Hall–Kier alpha value is -1.36. The van der Waals surface area contributed by atoms with Crippen LogP contribution in [-0.2, 0) is 5.41 Å². The number of piperidine rings is 1. The SMILES string of the molecule is Cc1c(N)nc(C(C)(C)C)nc1NC1CCCN(C)C1. The summed E-state index contributed by atoms with van der Waals surface area (Å²) in [7, 11) is 2.16. The Kier molecular flexibility index (Phi) is 4.18. The summed E-state index contributed by atoms with van der Waals surface area (Å²) in [4.78, 5) is 11.5. The van der Waals surface area contributed by atoms with Gasteiger partial charge in [-0.1, -0.05) is 20.8 Å². The van der Waals surface area contributed by atoms with Crippen molar-refractivity contribution in [3.8, 4) is 0 Å². The largest absolute Gasteiger partial charge is 0.383 e. The van der Waals surface area contributed by atoms with Gasteiger partial charge in [0.25, 0.3) is 0 Å². The van der Waals surface area contributed by atoms with E-state index >= 15 is 0 Å². The lowest BCUT2D eigenvalue weighted by Gasteiger charge is -2.31. The van der Waals surface area contributed by atoms with Gasteiger partial charge in [-0.25, -0.2) is 9.97 Å². The maximum Gasteiger partial charge on any atom is 0.138 e. The molecule has 3 N–H and O–H groups in total. The molecule has 1 atom stereocenters. The second-order valence-electron chi connectivity index (χ2n) is 6.90. The van der Waals surface area contributed by atoms with Gasteiger partial charge in [0.05, 0.1) is 0 Å². The van der Waals surface area contributed by atoms with Crippen molar-refractivity contribution in [3.63, 3.8) is 0 Å². The van der Waals surface area contributed by atoms with Crippen molar-refractivity contribution in [2.24, 2.45) is 0 Å². The average molecular weight is 277 g/mol. The smallest absolute Gasteiger partial charge is 0.138 e. The fraction of sp³-hybridized carbons (Fsp3) is 0.733. The zero-order valence-corrected chi connectivity index (χ0v) is 13.3. The molecule has 1 unspecified atom stereocenters. The Balaban J connectivity index is 2.24. The van der Waals surface area contributed by atoms with E-state index in [0.29, 0.717) is 11.9 Å². The van der Waals surface area contributed by atoms with Crippen LogP contribution in [0, 0.1) is 6.92 Å². The Bertz CT molecular complexity index is 478. The van der Waals surface area contributed by atoms with Gasteiger partial charge in [0.1, 0.15) is 17.5 Å². The zero-order chi connectivity index (χ0) is 14.9. The number of hydrogen-bond donors (Lipinski definition) is 2. The van der Waals surface area contributed by atoms with Crippen LogP contribution in [0.1, 0.15) is 45.0 Å². The van der Waals surface area contributed by atoms with Crippen molar-refractivity contribution in [2.75, 3.05) is 31.2 Å². The maximum absolute atomic E-state index is 6.05. The molecule has 1 fully saturated rings. The van der Waals surface area contributed by atoms with E-state index in [1.807, 2.05) is 6.92 Å². The molecule has 0 amide bonds. The van der Waals surface area contributed by atoms with Crippen molar-refractivity contribution in [2.45, 2.75) is 52.0 Å². The standard InChI is InChI=1S/C15H27N5/c1-10-12(16)18-14(15(2,3)4)19-13(10)17-11-7-6-8-20(5)9-11/h11H,6-9H2,1-5H3,(H3,16,17,18,19). The van der Waals surface area contributed by atoms with Crippen molar-refractivity contribution in [1.82, 2.24) is 14.9 Å². The quantitative estimate of drug-likeness (QED) is 0.867. The summed E-state index contributed by atoms with van der Waals surface area (Å²) in [6.07, 6.45) is 2.40. The second kappa shape index (κ2) is 5.56. The molecule has 1 saturated heterocycles. The van der Waals surface area contributed by atoms with Gasteiger partial charge in [-0.2, -0.15) is 0 Å². The van der Waals surface area contributed by atoms with Crippen LogP contribution < -0.4 is 11.1 Å². The predicted molar refractivity (Wildman–Crippen MR) is 84.0 cm³/mol. The molecule has 1 aliphatic rings. The summed E-state index contributed by atoms with van der Waals surface area (Å²) >= 11 is 0. The molecule has 112 valence electrons. The first-order valence-corrected chi connectivity index (χ1v) is 7.37. The van der Waals surface area contributed by atoms with E-state index < -0.39 is 0 Å². The topological polar surface area (TPSA) is 67.1 Å². The van der Waals surface area contributed by atoms with Crippen LogP contribution in [0.4, 0.5) is 11.6 Å². The Morgan fingerprint density at radius 3 is 2.60 bits per heavy atom. The van der Waals surface area contributed by atoms with Crippen LogP contribution in [-0.4, -0.2) is 41.0 Å². The number of nitrogens with one attached hydrogen (secondary N) is 1. The third kappa shape index (κ3) is 3.39. The first-order chi connectivity index (χ1) is 9.27. The van der Waals surface area contributed by atoms with Crippen LogP contribution in [0.15, 0.2) is 0 Å². The molecule has 20 heavy (non-hydrogen) atoms. The first-order valence-electron chi connectivity index (χ1n) is 7.37. The highest BCUT2D eigenvalue weighted by Crippen LogP contribution is 2.26. The summed E-state index contributed by atoms with van der Waals surface area (Å²) < 4.78 is 0. The molecule has 5 nitrogen and oxygen atoms in total. The van der Waals surface area contributed by atoms with Crippen LogP contribution in [0.3, 0.4) is 0 Å². The maximum atomic E-state index is 6.05. The number of nitrogens with zero attached hydrogens (tertiary/aromatic N) is 3. The summed E-state index contributed by atoms with van der Waals surface area (Å²) in [5.41, 5.74) is 6.90. The van der Waals surface area contributed by atoms with E-state index in [2.05, 4.69) is 43.0 Å². The minimum atomic E-state index is -0.0956. The van der Waals surface area contributed by atoms with E-state index in [4.69, 9.17) is 10.7 Å². The molecular formula is C15H27N5. The first kappa shape index (κ1) is 15.0. The van der Waals surface area contributed by atoms with Gasteiger partial charge in [-0.3, -0.25) is 0 Å².